The summed E-state index contributed by atoms with van der Waals surface area (Å²) >= 11 is 0. The number of alkyl carbamates (subject to hydrolysis) is 1. The van der Waals surface area contributed by atoms with Crippen molar-refractivity contribution in [1.29, 1.82) is 0 Å². The van der Waals surface area contributed by atoms with Crippen LogP contribution in [0.1, 0.15) is 47.4 Å². The quantitative estimate of drug-likeness (QED) is 0.918. The Kier molecular flexibility index (Phi) is 2.64. The second kappa shape index (κ2) is 4.60. The first-order chi connectivity index (χ1) is 11.3. The van der Waals surface area contributed by atoms with E-state index < -0.39 is 0 Å². The Labute approximate surface area is 135 Å². The van der Waals surface area contributed by atoms with Crippen molar-refractivity contribution in [2.75, 3.05) is 6.54 Å². The molecule has 1 unspecified atom stereocenters. The number of ether oxygens (including phenoxy) is 1. The molecular weight excluding hydrogens is 286 g/mol. The molecule has 23 heavy (non-hydrogen) atoms. The summed E-state index contributed by atoms with van der Waals surface area (Å²) in [6.45, 7) is 0.619. The molecule has 2 aromatic rings. The fourth-order valence-corrected chi connectivity index (χ4v) is 5.01. The molecule has 3 aliphatic carbocycles. The van der Waals surface area contributed by atoms with E-state index in [1.165, 1.54) is 28.7 Å². The zero-order valence-corrected chi connectivity index (χ0v) is 12.9. The van der Waals surface area contributed by atoms with Crippen LogP contribution in [0.2, 0.25) is 0 Å². The van der Waals surface area contributed by atoms with Crippen LogP contribution in [-0.4, -0.2) is 18.7 Å². The first kappa shape index (κ1) is 13.2. The number of fused-ring (bicyclic) bond motifs is 1. The molecule has 116 valence electrons. The summed E-state index contributed by atoms with van der Waals surface area (Å²) in [6.07, 6.45) is 2.87. The Morgan fingerprint density at radius 3 is 2.30 bits per heavy atom. The molecule has 4 aliphatic rings. The van der Waals surface area contributed by atoms with Crippen molar-refractivity contribution in [3.8, 4) is 0 Å². The molecule has 1 heterocycles. The summed E-state index contributed by atoms with van der Waals surface area (Å²) in [6, 6.07) is 17.7. The van der Waals surface area contributed by atoms with Crippen LogP contribution in [-0.2, 0) is 10.2 Å². The van der Waals surface area contributed by atoms with Crippen molar-refractivity contribution in [2.45, 2.75) is 36.7 Å². The number of carbonyl (C=O) groups is 1. The third-order valence-electron chi connectivity index (χ3n) is 5.89. The third-order valence-corrected chi connectivity index (χ3v) is 5.89. The molecule has 0 saturated carbocycles. The van der Waals surface area contributed by atoms with E-state index in [1.807, 2.05) is 0 Å². The molecule has 1 saturated heterocycles. The zero-order chi connectivity index (χ0) is 15.4. The molecule has 2 bridgehead atoms. The normalized spacial score (nSPS) is 30.3. The maximum atomic E-state index is 11.5. The van der Waals surface area contributed by atoms with Crippen LogP contribution in [0.4, 0.5) is 4.79 Å². The lowest BCUT2D eigenvalue weighted by atomic mass is 9.53. The largest absolute Gasteiger partial charge is 0.444 e. The smallest absolute Gasteiger partial charge is 0.407 e. The van der Waals surface area contributed by atoms with Crippen molar-refractivity contribution in [1.82, 2.24) is 5.32 Å². The third kappa shape index (κ3) is 1.73. The average molecular weight is 305 g/mol. The Morgan fingerprint density at radius 2 is 1.70 bits per heavy atom. The van der Waals surface area contributed by atoms with Gasteiger partial charge >= 0.3 is 6.09 Å². The Morgan fingerprint density at radius 1 is 1.04 bits per heavy atom. The van der Waals surface area contributed by atoms with E-state index in [4.69, 9.17) is 4.74 Å². The van der Waals surface area contributed by atoms with Gasteiger partial charge in [0.2, 0.25) is 0 Å². The summed E-state index contributed by atoms with van der Waals surface area (Å²) in [5.41, 5.74) is 5.80. The Balaban J connectivity index is 1.69. The molecule has 3 heteroatoms. The van der Waals surface area contributed by atoms with Gasteiger partial charge in [-0.15, -0.1) is 0 Å². The van der Waals surface area contributed by atoms with Gasteiger partial charge in [0.1, 0.15) is 6.10 Å². The van der Waals surface area contributed by atoms with E-state index in [2.05, 4.69) is 53.8 Å². The van der Waals surface area contributed by atoms with Gasteiger partial charge in [0.05, 0.1) is 6.54 Å². The molecule has 3 nitrogen and oxygen atoms in total. The lowest BCUT2D eigenvalue weighted by Crippen LogP contribution is -2.43. The second-order valence-electron chi connectivity index (χ2n) is 6.96. The molecule has 0 radical (unpaired) electrons. The summed E-state index contributed by atoms with van der Waals surface area (Å²) < 4.78 is 5.49. The number of rotatable bonds is 2. The minimum absolute atomic E-state index is 0.0150. The van der Waals surface area contributed by atoms with Crippen LogP contribution in [0.15, 0.2) is 48.5 Å². The Hall–Kier alpha value is -2.29. The van der Waals surface area contributed by atoms with Gasteiger partial charge in [0.25, 0.3) is 0 Å². The van der Waals surface area contributed by atoms with Gasteiger partial charge < -0.3 is 10.1 Å². The highest BCUT2D eigenvalue weighted by molar-refractivity contribution is 5.69. The van der Waals surface area contributed by atoms with E-state index in [9.17, 15) is 4.79 Å². The van der Waals surface area contributed by atoms with Crippen molar-refractivity contribution >= 4 is 6.09 Å². The number of benzene rings is 2. The van der Waals surface area contributed by atoms with Gasteiger partial charge in [-0.1, -0.05) is 48.5 Å². The number of amides is 1. The summed E-state index contributed by atoms with van der Waals surface area (Å²) in [4.78, 5) is 11.5. The predicted molar refractivity (Wildman–Crippen MR) is 87.6 cm³/mol. The molecule has 1 fully saturated rings. The fourth-order valence-electron chi connectivity index (χ4n) is 5.01. The topological polar surface area (TPSA) is 38.3 Å². The lowest BCUT2D eigenvalue weighted by Gasteiger charge is -2.50. The zero-order valence-electron chi connectivity index (χ0n) is 12.9. The van der Waals surface area contributed by atoms with Crippen molar-refractivity contribution in [3.05, 3.63) is 70.8 Å². The number of nitrogens with one attached hydrogen (secondary N) is 1. The van der Waals surface area contributed by atoms with Crippen molar-refractivity contribution < 1.29 is 9.53 Å². The van der Waals surface area contributed by atoms with Gasteiger partial charge in [-0.2, -0.15) is 0 Å². The van der Waals surface area contributed by atoms with Gasteiger partial charge in [-0.05, 0) is 41.5 Å². The first-order valence-corrected chi connectivity index (χ1v) is 8.41. The van der Waals surface area contributed by atoms with Gasteiger partial charge in [-0.3, -0.25) is 0 Å². The molecule has 0 aromatic heterocycles. The Bertz CT molecular complexity index is 750. The van der Waals surface area contributed by atoms with E-state index >= 15 is 0 Å². The average Bonchev–Trinajstić information content (AvgIpc) is 3.00. The molecule has 1 aliphatic heterocycles. The van der Waals surface area contributed by atoms with Crippen LogP contribution in [0.25, 0.3) is 0 Å². The number of cyclic esters (lactones) is 1. The molecule has 1 amide bonds. The standard InChI is InChI=1S/C20H19NO2/c22-19-21-12-13(23-19)11-20-10-9-14(15-5-1-3-7-17(15)20)16-6-2-4-8-18(16)20/h1-8,13-14H,9-12H2,(H,21,22). The maximum absolute atomic E-state index is 11.5. The molecule has 2 aromatic carbocycles. The highest BCUT2D eigenvalue weighted by Crippen LogP contribution is 2.58. The maximum Gasteiger partial charge on any atom is 0.407 e. The van der Waals surface area contributed by atoms with E-state index in [-0.39, 0.29) is 17.6 Å². The van der Waals surface area contributed by atoms with Gasteiger partial charge in [-0.25, -0.2) is 4.79 Å². The minimum atomic E-state index is -0.280. The summed E-state index contributed by atoms with van der Waals surface area (Å²) in [5.74, 6) is 0.522. The molecule has 6 rings (SSSR count). The fraction of sp³-hybridized carbons (Fsp3) is 0.350. The molecule has 1 N–H and O–H groups in total. The van der Waals surface area contributed by atoms with Crippen molar-refractivity contribution in [3.63, 3.8) is 0 Å². The second-order valence-corrected chi connectivity index (χ2v) is 6.96. The number of carbonyl (C=O) groups excluding carboxylic acids is 1. The molecular formula is C20H19NO2. The van der Waals surface area contributed by atoms with Crippen LogP contribution in [0.3, 0.4) is 0 Å². The van der Waals surface area contributed by atoms with Crippen LogP contribution in [0.5, 0.6) is 0 Å². The van der Waals surface area contributed by atoms with Crippen LogP contribution < -0.4 is 5.32 Å². The predicted octanol–water partition coefficient (Wildman–Crippen LogP) is 3.71. The van der Waals surface area contributed by atoms with E-state index in [1.54, 1.807) is 0 Å². The SMILES string of the molecule is O=C1NCC(CC23CCC(c4ccccc42)c2ccccc23)O1. The van der Waals surface area contributed by atoms with Crippen LogP contribution in [0, 0.1) is 0 Å². The number of hydrogen-bond acceptors (Lipinski definition) is 2. The van der Waals surface area contributed by atoms with E-state index in [0.717, 1.165) is 12.8 Å². The minimum Gasteiger partial charge on any atom is -0.444 e. The van der Waals surface area contributed by atoms with Crippen LogP contribution >= 0.6 is 0 Å². The molecule has 0 spiro atoms. The summed E-state index contributed by atoms with van der Waals surface area (Å²) in [7, 11) is 0. The highest BCUT2D eigenvalue weighted by atomic mass is 16.6. The molecule has 1 atom stereocenters. The van der Waals surface area contributed by atoms with Gasteiger partial charge in [0, 0.05) is 11.3 Å². The number of hydrogen-bond donors (Lipinski definition) is 1. The van der Waals surface area contributed by atoms with Crippen molar-refractivity contribution in [2.24, 2.45) is 0 Å². The lowest BCUT2D eigenvalue weighted by molar-refractivity contribution is 0.118. The van der Waals surface area contributed by atoms with Gasteiger partial charge in [0.15, 0.2) is 0 Å². The monoisotopic (exact) mass is 305 g/mol. The highest BCUT2D eigenvalue weighted by Gasteiger charge is 2.49. The first-order valence-electron chi connectivity index (χ1n) is 8.41. The summed E-state index contributed by atoms with van der Waals surface area (Å²) in [5, 5.41) is 2.80. The van der Waals surface area contributed by atoms with E-state index in [0.29, 0.717) is 12.5 Å².